The lowest BCUT2D eigenvalue weighted by molar-refractivity contribution is -0.137. The number of rotatable bonds is 5. The Morgan fingerprint density at radius 1 is 1.21 bits per heavy atom. The van der Waals surface area contributed by atoms with Gasteiger partial charge in [-0.25, -0.2) is 0 Å². The number of hydrogen-bond donors (Lipinski definition) is 1. The van der Waals surface area contributed by atoms with Crippen LogP contribution in [0.15, 0.2) is 18.2 Å². The predicted octanol–water partition coefficient (Wildman–Crippen LogP) is 3.94. The van der Waals surface area contributed by atoms with Crippen molar-refractivity contribution in [3.05, 3.63) is 28.8 Å². The van der Waals surface area contributed by atoms with Crippen molar-refractivity contribution >= 4 is 29.1 Å². The second-order valence-corrected chi connectivity index (χ2v) is 10.3. The molecule has 10 heteroatoms. The van der Waals surface area contributed by atoms with Crippen molar-refractivity contribution in [2.75, 3.05) is 37.6 Å². The van der Waals surface area contributed by atoms with Crippen LogP contribution < -0.4 is 4.90 Å². The Morgan fingerprint density at radius 2 is 1.94 bits per heavy atom. The van der Waals surface area contributed by atoms with Crippen LogP contribution in [0.4, 0.5) is 18.9 Å². The summed E-state index contributed by atoms with van der Waals surface area (Å²) >= 11 is 5.75. The van der Waals surface area contributed by atoms with Crippen LogP contribution in [0.2, 0.25) is 5.02 Å². The van der Waals surface area contributed by atoms with Crippen LogP contribution >= 0.6 is 11.6 Å². The SMILES string of the molecule is C[C@@H]1CN(CCCC(=O)N2CCC3(CC3)[C@H](O)C2)C(=O)CCN1c1ccc(Cl)c(C(F)(F)F)c1. The highest BCUT2D eigenvalue weighted by Crippen LogP contribution is 2.53. The molecule has 1 aliphatic carbocycles. The van der Waals surface area contributed by atoms with Gasteiger partial charge in [0.1, 0.15) is 0 Å². The number of aliphatic hydroxyl groups excluding tert-OH is 1. The minimum absolute atomic E-state index is 0.00709. The number of hydrogen-bond acceptors (Lipinski definition) is 4. The number of alkyl halides is 3. The van der Waals surface area contributed by atoms with Gasteiger partial charge in [-0.2, -0.15) is 13.2 Å². The highest BCUT2D eigenvalue weighted by molar-refractivity contribution is 6.31. The predicted molar refractivity (Wildman–Crippen MR) is 123 cm³/mol. The van der Waals surface area contributed by atoms with Gasteiger partial charge in [-0.15, -0.1) is 0 Å². The fourth-order valence-electron chi connectivity index (χ4n) is 5.19. The van der Waals surface area contributed by atoms with Crippen LogP contribution in [0.1, 0.15) is 51.0 Å². The molecule has 2 atom stereocenters. The van der Waals surface area contributed by atoms with Crippen molar-refractivity contribution in [3.63, 3.8) is 0 Å². The van der Waals surface area contributed by atoms with Crippen LogP contribution in [0.25, 0.3) is 0 Å². The normalized spacial score (nSPS) is 25.0. The molecule has 4 rings (SSSR count). The van der Waals surface area contributed by atoms with E-state index in [1.54, 1.807) is 20.8 Å². The van der Waals surface area contributed by atoms with Crippen LogP contribution in [-0.4, -0.2) is 71.6 Å². The van der Waals surface area contributed by atoms with Crippen LogP contribution in [-0.2, 0) is 15.8 Å². The van der Waals surface area contributed by atoms with E-state index < -0.39 is 17.8 Å². The molecule has 188 valence electrons. The molecule has 0 unspecified atom stereocenters. The number of nitrogens with zero attached hydrogens (tertiary/aromatic N) is 3. The number of anilines is 1. The number of carbonyl (C=O) groups excluding carboxylic acids is 2. The van der Waals surface area contributed by atoms with Gasteiger partial charge in [-0.1, -0.05) is 11.6 Å². The molecular weight excluding hydrogens is 471 g/mol. The highest BCUT2D eigenvalue weighted by Gasteiger charge is 2.51. The van der Waals surface area contributed by atoms with Crippen molar-refractivity contribution in [2.45, 2.75) is 63.8 Å². The molecule has 2 aliphatic heterocycles. The summed E-state index contributed by atoms with van der Waals surface area (Å²) in [4.78, 5) is 30.5. The molecule has 3 fully saturated rings. The lowest BCUT2D eigenvalue weighted by atomic mass is 9.90. The average molecular weight is 502 g/mol. The molecule has 1 spiro atoms. The van der Waals surface area contributed by atoms with Gasteiger partial charge in [0.05, 0.1) is 16.7 Å². The topological polar surface area (TPSA) is 64.1 Å². The zero-order valence-electron chi connectivity index (χ0n) is 19.3. The van der Waals surface area contributed by atoms with Gasteiger partial charge in [0.2, 0.25) is 11.8 Å². The summed E-state index contributed by atoms with van der Waals surface area (Å²) in [6, 6.07) is 3.63. The van der Waals surface area contributed by atoms with E-state index in [-0.39, 0.29) is 34.7 Å². The number of amides is 2. The van der Waals surface area contributed by atoms with Crippen molar-refractivity contribution < 1.29 is 27.9 Å². The summed E-state index contributed by atoms with van der Waals surface area (Å²) in [5, 5.41) is 9.97. The molecule has 3 aliphatic rings. The molecule has 2 heterocycles. The van der Waals surface area contributed by atoms with Crippen LogP contribution in [0, 0.1) is 5.41 Å². The van der Waals surface area contributed by atoms with Crippen molar-refractivity contribution in [2.24, 2.45) is 5.41 Å². The Kier molecular flexibility index (Phi) is 7.06. The van der Waals surface area contributed by atoms with E-state index >= 15 is 0 Å². The monoisotopic (exact) mass is 501 g/mol. The molecule has 1 aromatic carbocycles. The fraction of sp³-hybridized carbons (Fsp3) is 0.667. The Hall–Kier alpha value is -2.00. The molecule has 2 amide bonds. The Morgan fingerprint density at radius 3 is 2.59 bits per heavy atom. The van der Waals surface area contributed by atoms with Crippen molar-refractivity contribution in [1.82, 2.24) is 9.80 Å². The van der Waals surface area contributed by atoms with Gasteiger partial charge >= 0.3 is 6.18 Å². The van der Waals surface area contributed by atoms with E-state index in [4.69, 9.17) is 11.6 Å². The van der Waals surface area contributed by atoms with E-state index in [0.29, 0.717) is 51.3 Å². The van der Waals surface area contributed by atoms with Gasteiger partial charge in [-0.05, 0) is 56.2 Å². The molecule has 2 saturated heterocycles. The number of β-amino-alcohol motifs (C(OH)–C–C–N with tert-alkyl or cyclic N) is 1. The molecule has 6 nitrogen and oxygen atoms in total. The number of likely N-dealkylation sites (tertiary alicyclic amines) is 1. The van der Waals surface area contributed by atoms with E-state index in [0.717, 1.165) is 25.3 Å². The lowest BCUT2D eigenvalue weighted by Gasteiger charge is -2.36. The summed E-state index contributed by atoms with van der Waals surface area (Å²) < 4.78 is 39.9. The van der Waals surface area contributed by atoms with Crippen LogP contribution in [0.5, 0.6) is 0 Å². The van der Waals surface area contributed by atoms with E-state index in [2.05, 4.69) is 0 Å². The number of aliphatic hydroxyl groups is 1. The third-order valence-electron chi connectivity index (χ3n) is 7.57. The third kappa shape index (κ3) is 5.30. The fourth-order valence-corrected chi connectivity index (χ4v) is 5.41. The minimum atomic E-state index is -4.56. The maximum atomic E-state index is 13.3. The van der Waals surface area contributed by atoms with Gasteiger partial charge in [-0.3, -0.25) is 9.59 Å². The second kappa shape index (κ2) is 9.57. The second-order valence-electron chi connectivity index (χ2n) is 9.87. The maximum Gasteiger partial charge on any atom is 0.417 e. The van der Waals surface area contributed by atoms with Crippen molar-refractivity contribution in [3.8, 4) is 0 Å². The molecule has 0 radical (unpaired) electrons. The largest absolute Gasteiger partial charge is 0.417 e. The Labute approximate surface area is 202 Å². The minimum Gasteiger partial charge on any atom is -0.391 e. The maximum absolute atomic E-state index is 13.3. The van der Waals surface area contributed by atoms with Gasteiger partial charge < -0.3 is 19.8 Å². The van der Waals surface area contributed by atoms with E-state index in [1.165, 1.54) is 6.07 Å². The summed E-state index contributed by atoms with van der Waals surface area (Å²) in [6.45, 7) is 4.02. The first-order valence-electron chi connectivity index (χ1n) is 11.9. The summed E-state index contributed by atoms with van der Waals surface area (Å²) in [5.41, 5.74) is -0.464. The quantitative estimate of drug-likeness (QED) is 0.664. The Bertz CT molecular complexity index is 938. The molecule has 1 aromatic rings. The Balaban J connectivity index is 1.32. The van der Waals surface area contributed by atoms with E-state index in [9.17, 15) is 27.9 Å². The molecular formula is C24H31ClF3N3O3. The van der Waals surface area contributed by atoms with Gasteiger partial charge in [0, 0.05) is 57.3 Å². The zero-order valence-corrected chi connectivity index (χ0v) is 20.0. The van der Waals surface area contributed by atoms with Crippen molar-refractivity contribution in [1.29, 1.82) is 0 Å². The number of benzene rings is 1. The first-order chi connectivity index (χ1) is 16.0. The highest BCUT2D eigenvalue weighted by atomic mass is 35.5. The molecule has 1 saturated carbocycles. The number of piperidine rings is 1. The first-order valence-corrected chi connectivity index (χ1v) is 12.2. The number of halogens is 4. The zero-order chi connectivity index (χ0) is 24.7. The lowest BCUT2D eigenvalue weighted by Crippen LogP contribution is -2.47. The first kappa shape index (κ1) is 25.1. The molecule has 1 N–H and O–H groups in total. The molecule has 34 heavy (non-hydrogen) atoms. The van der Waals surface area contributed by atoms with Gasteiger partial charge in [0.15, 0.2) is 0 Å². The van der Waals surface area contributed by atoms with E-state index in [1.807, 2.05) is 6.92 Å². The van der Waals surface area contributed by atoms with Gasteiger partial charge in [0.25, 0.3) is 0 Å². The standard InChI is InChI=1S/C24H31ClF3N3O3/c1-16-14-29(10-2-3-21(33)30-12-9-23(7-8-23)20(32)15-30)22(34)6-11-31(16)17-4-5-19(25)18(13-17)24(26,27)28/h4-5,13,16,20,32H,2-3,6-12,14-15H2,1H3/t16-,20-/m1/s1. The van der Waals surface area contributed by atoms with Crippen LogP contribution in [0.3, 0.4) is 0 Å². The summed E-state index contributed by atoms with van der Waals surface area (Å²) in [5.74, 6) is -0.0804. The third-order valence-corrected chi connectivity index (χ3v) is 7.90. The molecule has 0 aromatic heterocycles. The number of carbonyl (C=O) groups is 2. The molecule has 0 bridgehead atoms. The summed E-state index contributed by atoms with van der Waals surface area (Å²) in [6.07, 6.45) is -1.09. The smallest absolute Gasteiger partial charge is 0.391 e. The summed E-state index contributed by atoms with van der Waals surface area (Å²) in [7, 11) is 0. The average Bonchev–Trinajstić information content (AvgIpc) is 3.56.